The number of benzene rings is 2. The molecule has 0 bridgehead atoms. The van der Waals surface area contributed by atoms with Crippen molar-refractivity contribution < 1.29 is 9.90 Å². The number of aromatic amines is 1. The first-order valence-electron chi connectivity index (χ1n) is 8.37. The Kier molecular flexibility index (Phi) is 4.56. The fraction of sp³-hybridized carbons (Fsp3) is 0.0952. The molecular weight excluding hydrogens is 344 g/mol. The highest BCUT2D eigenvalue weighted by molar-refractivity contribution is 7.08. The third kappa shape index (κ3) is 3.40. The van der Waals surface area contributed by atoms with E-state index in [2.05, 4.69) is 21.7 Å². The molecule has 2 aromatic carbocycles. The molecule has 0 fully saturated rings. The summed E-state index contributed by atoms with van der Waals surface area (Å²) in [7, 11) is 0. The maximum atomic E-state index is 12.3. The number of nitrogens with one attached hydrogen (secondary N) is 2. The Morgan fingerprint density at radius 1 is 1.08 bits per heavy atom. The summed E-state index contributed by atoms with van der Waals surface area (Å²) in [6, 6.07) is 19.4. The summed E-state index contributed by atoms with van der Waals surface area (Å²) in [6.07, 6.45) is -0.750. The summed E-state index contributed by atoms with van der Waals surface area (Å²) < 4.78 is 0. The van der Waals surface area contributed by atoms with Gasteiger partial charge in [-0.15, -0.1) is 0 Å². The molecule has 0 aliphatic carbocycles. The van der Waals surface area contributed by atoms with E-state index in [9.17, 15) is 9.90 Å². The Balaban J connectivity index is 1.40. The van der Waals surface area contributed by atoms with Gasteiger partial charge in [0, 0.05) is 17.4 Å². The number of aliphatic hydroxyl groups is 1. The quantitative estimate of drug-likeness (QED) is 0.494. The number of carbonyl (C=O) groups excluding carboxylic acids is 1. The molecule has 4 rings (SSSR count). The van der Waals surface area contributed by atoms with Gasteiger partial charge in [-0.25, -0.2) is 0 Å². The SMILES string of the molecule is O=C(NCC(O)c1ccc(-c2ccsc2)cc1)c1cc2ccccc2[nH]1. The summed E-state index contributed by atoms with van der Waals surface area (Å²) in [4.78, 5) is 15.4. The lowest BCUT2D eigenvalue weighted by Gasteiger charge is -2.12. The van der Waals surface area contributed by atoms with Gasteiger partial charge in [-0.3, -0.25) is 4.79 Å². The lowest BCUT2D eigenvalue weighted by atomic mass is 10.0. The van der Waals surface area contributed by atoms with Crippen molar-refractivity contribution in [3.8, 4) is 11.1 Å². The topological polar surface area (TPSA) is 65.1 Å². The van der Waals surface area contributed by atoms with E-state index in [1.165, 1.54) is 5.56 Å². The van der Waals surface area contributed by atoms with Gasteiger partial charge in [0.05, 0.1) is 6.10 Å². The first kappa shape index (κ1) is 16.6. The molecule has 4 nitrogen and oxygen atoms in total. The lowest BCUT2D eigenvalue weighted by Crippen LogP contribution is -2.28. The van der Waals surface area contributed by atoms with Gasteiger partial charge in [-0.1, -0.05) is 42.5 Å². The Morgan fingerprint density at radius 3 is 2.62 bits per heavy atom. The predicted octanol–water partition coefficient (Wildman–Crippen LogP) is 4.36. The number of aromatic nitrogens is 1. The van der Waals surface area contributed by atoms with Crippen molar-refractivity contribution in [3.05, 3.63) is 82.7 Å². The minimum Gasteiger partial charge on any atom is -0.387 e. The first-order valence-corrected chi connectivity index (χ1v) is 9.31. The molecule has 0 saturated heterocycles. The second kappa shape index (κ2) is 7.15. The van der Waals surface area contributed by atoms with Crippen molar-refractivity contribution in [1.29, 1.82) is 0 Å². The molecule has 0 saturated carbocycles. The molecule has 2 heterocycles. The van der Waals surface area contributed by atoms with Crippen LogP contribution in [-0.4, -0.2) is 22.5 Å². The van der Waals surface area contributed by atoms with Crippen molar-refractivity contribution in [2.45, 2.75) is 6.10 Å². The minimum atomic E-state index is -0.750. The highest BCUT2D eigenvalue weighted by Gasteiger charge is 2.13. The second-order valence-corrected chi connectivity index (χ2v) is 6.91. The van der Waals surface area contributed by atoms with Crippen LogP contribution in [0.5, 0.6) is 0 Å². The molecule has 0 radical (unpaired) electrons. The van der Waals surface area contributed by atoms with Crippen LogP contribution < -0.4 is 5.32 Å². The van der Waals surface area contributed by atoms with Crippen LogP contribution in [-0.2, 0) is 0 Å². The van der Waals surface area contributed by atoms with Gasteiger partial charge in [0.1, 0.15) is 5.69 Å². The number of fused-ring (bicyclic) bond motifs is 1. The van der Waals surface area contributed by atoms with Gasteiger partial charge < -0.3 is 15.4 Å². The van der Waals surface area contributed by atoms with E-state index in [1.807, 2.05) is 60.0 Å². The fourth-order valence-corrected chi connectivity index (χ4v) is 3.59. The second-order valence-electron chi connectivity index (χ2n) is 6.13. The van der Waals surface area contributed by atoms with E-state index in [1.54, 1.807) is 11.3 Å². The molecule has 0 aliphatic rings. The zero-order valence-corrected chi connectivity index (χ0v) is 14.8. The number of para-hydroxylation sites is 1. The van der Waals surface area contributed by atoms with Crippen molar-refractivity contribution in [3.63, 3.8) is 0 Å². The van der Waals surface area contributed by atoms with Gasteiger partial charge in [-0.2, -0.15) is 11.3 Å². The van der Waals surface area contributed by atoms with Crippen LogP contribution in [0, 0.1) is 0 Å². The lowest BCUT2D eigenvalue weighted by molar-refractivity contribution is 0.0912. The van der Waals surface area contributed by atoms with Crippen LogP contribution in [0.1, 0.15) is 22.2 Å². The number of thiophene rings is 1. The molecule has 1 unspecified atom stereocenters. The van der Waals surface area contributed by atoms with Crippen LogP contribution in [0.3, 0.4) is 0 Å². The van der Waals surface area contributed by atoms with E-state index in [-0.39, 0.29) is 12.5 Å². The highest BCUT2D eigenvalue weighted by Crippen LogP contribution is 2.24. The molecule has 1 amide bonds. The number of aliphatic hydroxyl groups excluding tert-OH is 1. The Labute approximate surface area is 155 Å². The van der Waals surface area contributed by atoms with Gasteiger partial charge in [0.2, 0.25) is 0 Å². The predicted molar refractivity (Wildman–Crippen MR) is 105 cm³/mol. The molecule has 2 aromatic heterocycles. The van der Waals surface area contributed by atoms with E-state index >= 15 is 0 Å². The van der Waals surface area contributed by atoms with Crippen LogP contribution in [0.15, 0.2) is 71.4 Å². The van der Waals surface area contributed by atoms with Crippen molar-refractivity contribution in [2.75, 3.05) is 6.54 Å². The molecule has 4 aromatic rings. The van der Waals surface area contributed by atoms with E-state index < -0.39 is 6.10 Å². The normalized spacial score (nSPS) is 12.2. The fourth-order valence-electron chi connectivity index (χ4n) is 2.92. The van der Waals surface area contributed by atoms with Crippen LogP contribution in [0.2, 0.25) is 0 Å². The van der Waals surface area contributed by atoms with Gasteiger partial charge in [-0.05, 0) is 45.6 Å². The number of rotatable bonds is 5. The van der Waals surface area contributed by atoms with Gasteiger partial charge >= 0.3 is 0 Å². The van der Waals surface area contributed by atoms with Crippen molar-refractivity contribution in [2.24, 2.45) is 0 Å². The average Bonchev–Trinajstić information content (AvgIpc) is 3.35. The Morgan fingerprint density at radius 2 is 1.88 bits per heavy atom. The van der Waals surface area contributed by atoms with Gasteiger partial charge in [0.25, 0.3) is 5.91 Å². The monoisotopic (exact) mass is 362 g/mol. The van der Waals surface area contributed by atoms with Crippen molar-refractivity contribution >= 4 is 28.1 Å². The summed E-state index contributed by atoms with van der Waals surface area (Å²) in [5.41, 5.74) is 4.47. The van der Waals surface area contributed by atoms with Gasteiger partial charge in [0.15, 0.2) is 0 Å². The molecule has 0 spiro atoms. The molecule has 0 aliphatic heterocycles. The highest BCUT2D eigenvalue weighted by atomic mass is 32.1. The van der Waals surface area contributed by atoms with Crippen LogP contribution >= 0.6 is 11.3 Å². The van der Waals surface area contributed by atoms with Crippen molar-refractivity contribution in [1.82, 2.24) is 10.3 Å². The third-order valence-electron chi connectivity index (χ3n) is 4.38. The zero-order valence-electron chi connectivity index (χ0n) is 14.0. The van der Waals surface area contributed by atoms with E-state index in [0.717, 1.165) is 22.0 Å². The summed E-state index contributed by atoms with van der Waals surface area (Å²) in [5.74, 6) is -0.227. The Bertz CT molecular complexity index is 987. The Hall–Kier alpha value is -2.89. The molecule has 3 N–H and O–H groups in total. The maximum Gasteiger partial charge on any atom is 0.267 e. The summed E-state index contributed by atoms with van der Waals surface area (Å²) in [5, 5.41) is 18.3. The van der Waals surface area contributed by atoms with E-state index in [4.69, 9.17) is 0 Å². The number of amides is 1. The largest absolute Gasteiger partial charge is 0.387 e. The smallest absolute Gasteiger partial charge is 0.267 e. The summed E-state index contributed by atoms with van der Waals surface area (Å²) >= 11 is 1.66. The number of hydrogen-bond donors (Lipinski definition) is 3. The molecule has 130 valence electrons. The average molecular weight is 362 g/mol. The minimum absolute atomic E-state index is 0.159. The number of hydrogen-bond acceptors (Lipinski definition) is 3. The van der Waals surface area contributed by atoms with Crippen LogP contribution in [0.4, 0.5) is 0 Å². The van der Waals surface area contributed by atoms with E-state index in [0.29, 0.717) is 5.69 Å². The zero-order chi connectivity index (χ0) is 17.9. The maximum absolute atomic E-state index is 12.3. The molecule has 1 atom stereocenters. The third-order valence-corrected chi connectivity index (χ3v) is 5.06. The molecular formula is C21H18N2O2S. The van der Waals surface area contributed by atoms with Crippen LogP contribution in [0.25, 0.3) is 22.0 Å². The molecule has 26 heavy (non-hydrogen) atoms. The number of carbonyl (C=O) groups is 1. The summed E-state index contributed by atoms with van der Waals surface area (Å²) in [6.45, 7) is 0.159. The number of H-pyrrole nitrogens is 1. The molecule has 5 heteroatoms. The standard InChI is InChI=1S/C21H18N2O2S/c24-20(15-7-5-14(6-8-15)17-9-10-26-13-17)12-22-21(25)19-11-16-3-1-2-4-18(16)23-19/h1-11,13,20,23-24H,12H2,(H,22,25). The first-order chi connectivity index (χ1) is 12.7.